The molecule has 0 saturated heterocycles. The van der Waals surface area contributed by atoms with Crippen molar-refractivity contribution in [1.82, 2.24) is 4.98 Å². The van der Waals surface area contributed by atoms with Gasteiger partial charge in [0.2, 0.25) is 0 Å². The highest BCUT2D eigenvalue weighted by molar-refractivity contribution is 5.90. The van der Waals surface area contributed by atoms with Crippen molar-refractivity contribution < 1.29 is 18.3 Å². The number of methoxy groups -OCH3 is 1. The molecule has 0 aliphatic carbocycles. The number of hydrogen-bond acceptors (Lipinski definition) is 3. The minimum atomic E-state index is -1.82. The van der Waals surface area contributed by atoms with E-state index in [1.807, 2.05) is 0 Å². The Morgan fingerprint density at radius 2 is 2.13 bits per heavy atom. The predicted molar refractivity (Wildman–Crippen MR) is 50.4 cm³/mol. The molecule has 5 heteroatoms. The zero-order valence-corrected chi connectivity index (χ0v) is 8.25. The van der Waals surface area contributed by atoms with E-state index in [1.54, 1.807) is 0 Å². The van der Waals surface area contributed by atoms with Crippen LogP contribution in [0.4, 0.5) is 8.78 Å². The summed E-state index contributed by atoms with van der Waals surface area (Å²) in [6.07, 6.45) is -0.530. The highest BCUT2D eigenvalue weighted by Gasteiger charge is 2.09. The number of rotatable bonds is 2. The van der Waals surface area contributed by atoms with Crippen molar-refractivity contribution in [2.75, 3.05) is 7.11 Å². The molecule has 1 rings (SSSR count). The monoisotopic (exact) mass is 213 g/mol. The zero-order valence-electron chi connectivity index (χ0n) is 8.25. The highest BCUT2D eigenvalue weighted by Crippen LogP contribution is 2.18. The van der Waals surface area contributed by atoms with Crippen LogP contribution in [0.5, 0.6) is 0 Å². The van der Waals surface area contributed by atoms with Gasteiger partial charge in [-0.1, -0.05) is 0 Å². The minimum absolute atomic E-state index is 0.0675. The van der Waals surface area contributed by atoms with Gasteiger partial charge in [0, 0.05) is 11.8 Å². The quantitative estimate of drug-likeness (QED) is 0.708. The largest absolute Gasteiger partial charge is 0.465 e. The van der Waals surface area contributed by atoms with Gasteiger partial charge in [-0.2, -0.15) is 8.78 Å². The summed E-state index contributed by atoms with van der Waals surface area (Å²) in [6, 6.07) is 2.67. The van der Waals surface area contributed by atoms with Crippen molar-refractivity contribution in [1.29, 1.82) is 0 Å². The Labute approximate surface area is 85.4 Å². The molecule has 0 atom stereocenters. The molecule has 15 heavy (non-hydrogen) atoms. The fourth-order valence-corrected chi connectivity index (χ4v) is 0.977. The molecule has 1 aromatic rings. The summed E-state index contributed by atoms with van der Waals surface area (Å²) in [6.45, 7) is 1.23. The Bertz CT molecular complexity index is 412. The van der Waals surface area contributed by atoms with E-state index in [0.717, 1.165) is 0 Å². The number of aromatic nitrogens is 1. The van der Waals surface area contributed by atoms with Gasteiger partial charge in [-0.3, -0.25) is 4.98 Å². The van der Waals surface area contributed by atoms with Crippen LogP contribution in [-0.4, -0.2) is 18.1 Å². The molecule has 80 valence electrons. The molecule has 0 bridgehead atoms. The molecule has 1 heterocycles. The standard InChI is InChI=1S/C10H9F2NO2/c1-6(9(11)12)8-5-7(3-4-13-8)10(14)15-2/h3-5H,1-2H3. The number of halogens is 2. The molecule has 0 aromatic carbocycles. The first-order valence-electron chi connectivity index (χ1n) is 4.13. The number of hydrogen-bond donors (Lipinski definition) is 0. The molecule has 0 spiro atoms. The van der Waals surface area contributed by atoms with Crippen molar-refractivity contribution in [2.24, 2.45) is 0 Å². The van der Waals surface area contributed by atoms with Gasteiger partial charge in [-0.25, -0.2) is 4.79 Å². The minimum Gasteiger partial charge on any atom is -0.465 e. The number of allylic oxidation sites excluding steroid dienone is 1. The molecule has 1 aromatic heterocycles. The van der Waals surface area contributed by atoms with E-state index in [4.69, 9.17) is 0 Å². The van der Waals surface area contributed by atoms with Crippen LogP contribution in [-0.2, 0) is 4.74 Å². The Kier molecular flexibility index (Phi) is 3.49. The lowest BCUT2D eigenvalue weighted by molar-refractivity contribution is 0.0600. The Hall–Kier alpha value is -1.78. The first-order chi connectivity index (χ1) is 7.06. The smallest absolute Gasteiger partial charge is 0.337 e. The second-order valence-electron chi connectivity index (χ2n) is 2.81. The maximum atomic E-state index is 12.3. The fourth-order valence-electron chi connectivity index (χ4n) is 0.977. The number of ether oxygens (including phenoxy) is 1. The summed E-state index contributed by atoms with van der Waals surface area (Å²) in [5, 5.41) is 0. The summed E-state index contributed by atoms with van der Waals surface area (Å²) in [7, 11) is 1.22. The number of esters is 1. The normalized spacial score (nSPS) is 9.60. The Morgan fingerprint density at radius 1 is 1.47 bits per heavy atom. The van der Waals surface area contributed by atoms with Crippen molar-refractivity contribution in [2.45, 2.75) is 6.92 Å². The van der Waals surface area contributed by atoms with Gasteiger partial charge in [-0.15, -0.1) is 0 Å². The van der Waals surface area contributed by atoms with Crippen LogP contribution in [0.3, 0.4) is 0 Å². The molecule has 0 radical (unpaired) electrons. The molecule has 0 unspecified atom stereocenters. The van der Waals surface area contributed by atoms with Gasteiger partial charge in [0.25, 0.3) is 6.08 Å². The second-order valence-corrected chi connectivity index (χ2v) is 2.81. The summed E-state index contributed by atoms with van der Waals surface area (Å²) in [5.41, 5.74) is 0.0155. The van der Waals surface area contributed by atoms with E-state index < -0.39 is 12.0 Å². The molecule has 0 N–H and O–H groups in total. The predicted octanol–water partition coefficient (Wildman–Crippen LogP) is 2.50. The van der Waals surface area contributed by atoms with Gasteiger partial charge in [0.15, 0.2) is 0 Å². The first-order valence-corrected chi connectivity index (χ1v) is 4.13. The molecule has 0 aliphatic heterocycles. The number of carbonyl (C=O) groups is 1. The van der Waals surface area contributed by atoms with Crippen molar-refractivity contribution >= 4 is 11.5 Å². The van der Waals surface area contributed by atoms with Crippen LogP contribution in [0.15, 0.2) is 24.4 Å². The fraction of sp³-hybridized carbons (Fsp3) is 0.200. The van der Waals surface area contributed by atoms with Crippen LogP contribution in [0, 0.1) is 0 Å². The SMILES string of the molecule is COC(=O)c1ccnc(C(C)=C(F)F)c1. The van der Waals surface area contributed by atoms with Crippen LogP contribution in [0.25, 0.3) is 5.57 Å². The molecular formula is C10H9F2NO2. The summed E-state index contributed by atoms with van der Waals surface area (Å²) >= 11 is 0. The van der Waals surface area contributed by atoms with Gasteiger partial charge >= 0.3 is 5.97 Å². The van der Waals surface area contributed by atoms with Crippen molar-refractivity contribution in [3.63, 3.8) is 0 Å². The average Bonchev–Trinajstić information content (AvgIpc) is 2.27. The first kappa shape index (κ1) is 11.3. The van der Waals surface area contributed by atoms with Gasteiger partial charge in [0.1, 0.15) is 0 Å². The number of carbonyl (C=O) groups excluding carboxylic acids is 1. The van der Waals surface area contributed by atoms with E-state index in [9.17, 15) is 13.6 Å². The molecule has 0 fully saturated rings. The lowest BCUT2D eigenvalue weighted by atomic mass is 10.1. The zero-order chi connectivity index (χ0) is 11.4. The Morgan fingerprint density at radius 3 is 2.67 bits per heavy atom. The molecule has 0 saturated carbocycles. The van der Waals surface area contributed by atoms with Crippen molar-refractivity contribution in [3.05, 3.63) is 35.7 Å². The van der Waals surface area contributed by atoms with E-state index >= 15 is 0 Å². The van der Waals surface area contributed by atoms with Crippen LogP contribution in [0.2, 0.25) is 0 Å². The van der Waals surface area contributed by atoms with Crippen LogP contribution < -0.4 is 0 Å². The average molecular weight is 213 g/mol. The lowest BCUT2D eigenvalue weighted by Crippen LogP contribution is -2.02. The topological polar surface area (TPSA) is 39.2 Å². The second kappa shape index (κ2) is 4.63. The lowest BCUT2D eigenvalue weighted by Gasteiger charge is -2.02. The molecular weight excluding hydrogens is 204 g/mol. The van der Waals surface area contributed by atoms with E-state index in [0.29, 0.717) is 0 Å². The van der Waals surface area contributed by atoms with Gasteiger partial charge < -0.3 is 4.74 Å². The highest BCUT2D eigenvalue weighted by atomic mass is 19.3. The maximum Gasteiger partial charge on any atom is 0.337 e. The van der Waals surface area contributed by atoms with Gasteiger partial charge in [-0.05, 0) is 19.1 Å². The third-order valence-corrected chi connectivity index (χ3v) is 1.85. The molecule has 0 amide bonds. The summed E-state index contributed by atoms with van der Waals surface area (Å²) in [5.74, 6) is -0.578. The van der Waals surface area contributed by atoms with E-state index in [2.05, 4.69) is 9.72 Å². The number of pyridine rings is 1. The van der Waals surface area contributed by atoms with Crippen LogP contribution >= 0.6 is 0 Å². The van der Waals surface area contributed by atoms with E-state index in [1.165, 1.54) is 32.4 Å². The third kappa shape index (κ3) is 2.59. The van der Waals surface area contributed by atoms with Gasteiger partial charge in [0.05, 0.1) is 18.4 Å². The van der Waals surface area contributed by atoms with E-state index in [-0.39, 0.29) is 16.8 Å². The third-order valence-electron chi connectivity index (χ3n) is 1.85. The number of nitrogens with zero attached hydrogens (tertiary/aromatic N) is 1. The molecule has 0 aliphatic rings. The Balaban J connectivity index is 3.14. The summed E-state index contributed by atoms with van der Waals surface area (Å²) < 4.78 is 29.0. The molecule has 3 nitrogen and oxygen atoms in total. The maximum absolute atomic E-state index is 12.3. The summed E-state index contributed by atoms with van der Waals surface area (Å²) in [4.78, 5) is 14.8. The van der Waals surface area contributed by atoms with Crippen LogP contribution in [0.1, 0.15) is 23.0 Å². The van der Waals surface area contributed by atoms with Crippen molar-refractivity contribution in [3.8, 4) is 0 Å².